The van der Waals surface area contributed by atoms with Crippen LogP contribution in [0.2, 0.25) is 0 Å². The monoisotopic (exact) mass is 386 g/mol. The highest BCUT2D eigenvalue weighted by atomic mass is 16.1. The maximum atomic E-state index is 12.9. The number of nitrogens with zero attached hydrogens (tertiary/aromatic N) is 3. The number of aryl methyl sites for hydroxylation is 1. The van der Waals surface area contributed by atoms with Crippen LogP contribution in [-0.2, 0) is 0 Å². The van der Waals surface area contributed by atoms with Gasteiger partial charge in [0.1, 0.15) is 0 Å². The fourth-order valence-electron chi connectivity index (χ4n) is 4.65. The lowest BCUT2D eigenvalue weighted by Gasteiger charge is -2.34. The molecular formula is C24H26N4O. The zero-order valence-electron chi connectivity index (χ0n) is 17.0. The molecule has 4 aromatic rings. The molecule has 2 aromatic carbocycles. The quantitative estimate of drug-likeness (QED) is 0.550. The molecule has 1 saturated heterocycles. The van der Waals surface area contributed by atoms with Crippen LogP contribution in [0.25, 0.3) is 27.5 Å². The Balaban J connectivity index is 1.62. The highest BCUT2D eigenvalue weighted by molar-refractivity contribution is 6.05. The van der Waals surface area contributed by atoms with Gasteiger partial charge >= 0.3 is 0 Å². The third kappa shape index (κ3) is 2.92. The molecule has 0 saturated carbocycles. The number of aromatic nitrogens is 3. The minimum atomic E-state index is -0.0658. The molecule has 0 amide bonds. The van der Waals surface area contributed by atoms with Crippen LogP contribution in [-0.4, -0.2) is 27.9 Å². The molecule has 0 unspecified atom stereocenters. The van der Waals surface area contributed by atoms with E-state index in [1.165, 1.54) is 30.5 Å². The van der Waals surface area contributed by atoms with Crippen LogP contribution in [0.1, 0.15) is 31.7 Å². The highest BCUT2D eigenvalue weighted by Gasteiger charge is 2.21. The topological polar surface area (TPSA) is 53.9 Å². The first-order valence-corrected chi connectivity index (χ1v) is 10.5. The van der Waals surface area contributed by atoms with Gasteiger partial charge in [0.15, 0.2) is 0 Å². The molecule has 1 aliphatic heterocycles. The van der Waals surface area contributed by atoms with Gasteiger partial charge in [-0.1, -0.05) is 31.5 Å². The highest BCUT2D eigenvalue weighted by Crippen LogP contribution is 2.33. The fraction of sp³-hybridized carbons (Fsp3) is 0.333. The van der Waals surface area contributed by atoms with Gasteiger partial charge in [-0.2, -0.15) is 0 Å². The average molecular weight is 386 g/mol. The minimum absolute atomic E-state index is 0.0658. The SMILES string of the molecule is CCC1CCN(c2ccc3c(ncc4c(=O)n(-c5ccccc5)[nH]c43)c2C)CC1. The molecule has 3 heterocycles. The number of aromatic amines is 1. The second-order valence-electron chi connectivity index (χ2n) is 8.08. The zero-order chi connectivity index (χ0) is 20.0. The van der Waals surface area contributed by atoms with E-state index in [0.29, 0.717) is 5.39 Å². The predicted molar refractivity (Wildman–Crippen MR) is 119 cm³/mol. The number of nitrogens with one attached hydrogen (secondary N) is 1. The van der Waals surface area contributed by atoms with E-state index in [1.807, 2.05) is 30.3 Å². The van der Waals surface area contributed by atoms with Gasteiger partial charge in [0.05, 0.1) is 22.1 Å². The van der Waals surface area contributed by atoms with Crippen LogP contribution >= 0.6 is 0 Å². The third-order valence-electron chi connectivity index (χ3n) is 6.47. The van der Waals surface area contributed by atoms with Crippen molar-refractivity contribution < 1.29 is 0 Å². The van der Waals surface area contributed by atoms with Gasteiger partial charge in [-0.25, -0.2) is 4.68 Å². The number of pyridine rings is 1. The molecule has 5 rings (SSSR count). The summed E-state index contributed by atoms with van der Waals surface area (Å²) in [5.41, 5.74) is 5.03. The van der Waals surface area contributed by atoms with Crippen LogP contribution in [0.4, 0.5) is 5.69 Å². The van der Waals surface area contributed by atoms with Crippen LogP contribution in [0, 0.1) is 12.8 Å². The number of hydrogen-bond acceptors (Lipinski definition) is 3. The van der Waals surface area contributed by atoms with E-state index in [2.05, 4.69) is 36.0 Å². The summed E-state index contributed by atoms with van der Waals surface area (Å²) >= 11 is 0. The Labute approximate surface area is 170 Å². The molecule has 0 radical (unpaired) electrons. The third-order valence-corrected chi connectivity index (χ3v) is 6.47. The van der Waals surface area contributed by atoms with Crippen molar-refractivity contribution in [2.45, 2.75) is 33.1 Å². The number of piperidine rings is 1. The number of hydrogen-bond donors (Lipinski definition) is 1. The standard InChI is InChI=1S/C24H26N4O/c1-3-17-11-13-27(14-12-17)21-10-9-19-22(16(21)2)25-15-20-23(19)26-28(24(20)29)18-7-5-4-6-8-18/h4-10,15,17,26H,3,11-14H2,1-2H3. The van der Waals surface area contributed by atoms with Crippen LogP contribution in [0.15, 0.2) is 53.5 Å². The first kappa shape index (κ1) is 18.0. The summed E-state index contributed by atoms with van der Waals surface area (Å²) in [6.45, 7) is 6.65. The Morgan fingerprint density at radius 2 is 1.83 bits per heavy atom. The fourth-order valence-corrected chi connectivity index (χ4v) is 4.65. The van der Waals surface area contributed by atoms with E-state index >= 15 is 0 Å². The molecule has 148 valence electrons. The molecule has 1 aliphatic rings. The van der Waals surface area contributed by atoms with E-state index < -0.39 is 0 Å². The van der Waals surface area contributed by atoms with Gasteiger partial charge in [0.2, 0.25) is 0 Å². The first-order valence-electron chi connectivity index (χ1n) is 10.5. The lowest BCUT2D eigenvalue weighted by molar-refractivity contribution is 0.395. The van der Waals surface area contributed by atoms with Crippen molar-refractivity contribution in [3.05, 3.63) is 64.6 Å². The minimum Gasteiger partial charge on any atom is -0.371 e. The van der Waals surface area contributed by atoms with Gasteiger partial charge in [0, 0.05) is 30.4 Å². The average Bonchev–Trinajstić information content (AvgIpc) is 3.12. The van der Waals surface area contributed by atoms with Crippen LogP contribution in [0.5, 0.6) is 0 Å². The van der Waals surface area contributed by atoms with Crippen LogP contribution in [0.3, 0.4) is 0 Å². The van der Waals surface area contributed by atoms with Crippen molar-refractivity contribution in [1.82, 2.24) is 14.8 Å². The van der Waals surface area contributed by atoms with E-state index in [4.69, 9.17) is 4.98 Å². The second kappa shape index (κ2) is 7.07. The van der Waals surface area contributed by atoms with Crippen molar-refractivity contribution in [2.24, 2.45) is 5.92 Å². The van der Waals surface area contributed by atoms with Gasteiger partial charge in [0.25, 0.3) is 5.56 Å². The molecule has 5 heteroatoms. The number of rotatable bonds is 3. The lowest BCUT2D eigenvalue weighted by Crippen LogP contribution is -2.33. The summed E-state index contributed by atoms with van der Waals surface area (Å²) in [6, 6.07) is 14.0. The van der Waals surface area contributed by atoms with Crippen molar-refractivity contribution in [3.8, 4) is 5.69 Å². The molecule has 1 fully saturated rings. The van der Waals surface area contributed by atoms with E-state index in [-0.39, 0.29) is 5.56 Å². The molecule has 2 aromatic heterocycles. The molecule has 5 nitrogen and oxygen atoms in total. The normalized spacial score (nSPS) is 15.4. The Bertz CT molecular complexity index is 1230. The molecule has 0 atom stereocenters. The zero-order valence-corrected chi connectivity index (χ0v) is 17.0. The maximum Gasteiger partial charge on any atom is 0.280 e. The van der Waals surface area contributed by atoms with Crippen molar-refractivity contribution in [2.75, 3.05) is 18.0 Å². The molecular weight excluding hydrogens is 360 g/mol. The maximum absolute atomic E-state index is 12.9. The van der Waals surface area contributed by atoms with Gasteiger partial charge < -0.3 is 4.90 Å². The molecule has 29 heavy (non-hydrogen) atoms. The Morgan fingerprint density at radius 1 is 1.07 bits per heavy atom. The predicted octanol–water partition coefficient (Wildman–Crippen LogP) is 4.80. The molecule has 0 spiro atoms. The number of fused-ring (bicyclic) bond motifs is 3. The summed E-state index contributed by atoms with van der Waals surface area (Å²) in [7, 11) is 0. The summed E-state index contributed by atoms with van der Waals surface area (Å²) in [5.74, 6) is 0.854. The molecule has 1 N–H and O–H groups in total. The van der Waals surface area contributed by atoms with Crippen LogP contribution < -0.4 is 10.5 Å². The summed E-state index contributed by atoms with van der Waals surface area (Å²) in [6.07, 6.45) is 5.51. The van der Waals surface area contributed by atoms with E-state index in [1.54, 1.807) is 10.9 Å². The van der Waals surface area contributed by atoms with Crippen molar-refractivity contribution >= 4 is 27.5 Å². The number of para-hydroxylation sites is 1. The largest absolute Gasteiger partial charge is 0.371 e. The van der Waals surface area contributed by atoms with Gasteiger partial charge in [-0.05, 0) is 55.5 Å². The Morgan fingerprint density at radius 3 is 2.55 bits per heavy atom. The second-order valence-corrected chi connectivity index (χ2v) is 8.08. The van der Waals surface area contributed by atoms with Gasteiger partial charge in [-0.15, -0.1) is 0 Å². The lowest BCUT2D eigenvalue weighted by atomic mass is 9.93. The summed E-state index contributed by atoms with van der Waals surface area (Å²) in [4.78, 5) is 20.1. The summed E-state index contributed by atoms with van der Waals surface area (Å²) < 4.78 is 1.60. The van der Waals surface area contributed by atoms with Crippen molar-refractivity contribution in [3.63, 3.8) is 0 Å². The van der Waals surface area contributed by atoms with E-state index in [9.17, 15) is 4.79 Å². The molecule has 0 bridgehead atoms. The molecule has 0 aliphatic carbocycles. The smallest absolute Gasteiger partial charge is 0.280 e. The Kier molecular flexibility index (Phi) is 4.38. The number of anilines is 1. The number of H-pyrrole nitrogens is 1. The summed E-state index contributed by atoms with van der Waals surface area (Å²) in [5, 5.41) is 4.93. The van der Waals surface area contributed by atoms with Gasteiger partial charge in [-0.3, -0.25) is 14.9 Å². The number of benzene rings is 2. The van der Waals surface area contributed by atoms with Crippen molar-refractivity contribution in [1.29, 1.82) is 0 Å². The first-order chi connectivity index (χ1) is 14.2. The Hall–Kier alpha value is -3.08. The van der Waals surface area contributed by atoms with E-state index in [0.717, 1.165) is 41.1 Å².